The summed E-state index contributed by atoms with van der Waals surface area (Å²) in [6.07, 6.45) is 4.94. The van der Waals surface area contributed by atoms with Crippen molar-refractivity contribution in [2.45, 2.75) is 26.3 Å². The Labute approximate surface area is 115 Å². The Bertz CT molecular complexity index is 531. The van der Waals surface area contributed by atoms with Crippen molar-refractivity contribution in [2.24, 2.45) is 0 Å². The number of aryl methyl sites for hydroxylation is 1. The van der Waals surface area contributed by atoms with Crippen LogP contribution in [0.15, 0.2) is 41.1 Å². The van der Waals surface area contributed by atoms with Crippen LogP contribution in [0.25, 0.3) is 0 Å². The number of nitrogens with zero attached hydrogens (tertiary/aromatic N) is 2. The normalized spacial score (nSPS) is 10.6. The van der Waals surface area contributed by atoms with E-state index in [1.54, 1.807) is 6.20 Å². The average molecular weight is 307 g/mol. The van der Waals surface area contributed by atoms with Gasteiger partial charge < -0.3 is 4.57 Å². The number of benzene rings is 1. The smallest absolute Gasteiger partial charge is 0.202 e. The molecule has 0 saturated heterocycles. The zero-order valence-electron chi connectivity index (χ0n) is 10.3. The summed E-state index contributed by atoms with van der Waals surface area (Å²) < 4.78 is 2.94. The van der Waals surface area contributed by atoms with Gasteiger partial charge in [0.15, 0.2) is 5.82 Å². The highest BCUT2D eigenvalue weighted by atomic mass is 79.9. The maximum Gasteiger partial charge on any atom is 0.202 e. The number of rotatable bonds is 5. The van der Waals surface area contributed by atoms with Crippen molar-refractivity contribution in [1.29, 1.82) is 0 Å². The first-order valence-electron chi connectivity index (χ1n) is 5.99. The number of carbonyl (C=O) groups is 1. The fraction of sp³-hybridized carbons (Fsp3) is 0.286. The van der Waals surface area contributed by atoms with E-state index >= 15 is 0 Å². The Hall–Kier alpha value is -1.42. The van der Waals surface area contributed by atoms with Gasteiger partial charge >= 0.3 is 0 Å². The van der Waals surface area contributed by atoms with Crippen LogP contribution in [-0.4, -0.2) is 15.3 Å². The molecule has 1 aromatic carbocycles. The summed E-state index contributed by atoms with van der Waals surface area (Å²) >= 11 is 3.38. The summed E-state index contributed by atoms with van der Waals surface area (Å²) in [6, 6.07) is 7.80. The van der Waals surface area contributed by atoms with Crippen LogP contribution >= 0.6 is 15.9 Å². The highest BCUT2D eigenvalue weighted by Gasteiger charge is 2.12. The summed E-state index contributed by atoms with van der Waals surface area (Å²) in [5, 5.41) is 0. The van der Waals surface area contributed by atoms with Crippen molar-refractivity contribution in [1.82, 2.24) is 9.55 Å². The van der Waals surface area contributed by atoms with E-state index in [4.69, 9.17) is 0 Å². The Balaban J connectivity index is 2.11. The molecule has 0 unspecified atom stereocenters. The Morgan fingerprint density at radius 3 is 2.72 bits per heavy atom. The second-order valence-electron chi connectivity index (χ2n) is 4.17. The average Bonchev–Trinajstić information content (AvgIpc) is 2.81. The SMILES string of the molecule is CCCn1ccnc1C(=O)Cc1ccc(Br)cc1. The van der Waals surface area contributed by atoms with Gasteiger partial charge in [0.1, 0.15) is 0 Å². The summed E-state index contributed by atoms with van der Waals surface area (Å²) in [5.41, 5.74) is 1.01. The molecule has 1 heterocycles. The van der Waals surface area contributed by atoms with Crippen molar-refractivity contribution in [3.63, 3.8) is 0 Å². The molecule has 3 nitrogen and oxygen atoms in total. The van der Waals surface area contributed by atoms with Gasteiger partial charge in [-0.25, -0.2) is 4.98 Å². The molecule has 18 heavy (non-hydrogen) atoms. The fourth-order valence-electron chi connectivity index (χ4n) is 1.85. The molecule has 4 heteroatoms. The number of hydrogen-bond acceptors (Lipinski definition) is 2. The minimum atomic E-state index is 0.0655. The lowest BCUT2D eigenvalue weighted by molar-refractivity contribution is 0.0979. The maximum absolute atomic E-state index is 12.2. The lowest BCUT2D eigenvalue weighted by Gasteiger charge is -2.05. The Morgan fingerprint density at radius 1 is 1.33 bits per heavy atom. The molecular weight excluding hydrogens is 292 g/mol. The van der Waals surface area contributed by atoms with E-state index in [-0.39, 0.29) is 5.78 Å². The van der Waals surface area contributed by atoms with Crippen molar-refractivity contribution in [3.05, 3.63) is 52.5 Å². The largest absolute Gasteiger partial charge is 0.329 e. The molecule has 0 aliphatic heterocycles. The van der Waals surface area contributed by atoms with Crippen LogP contribution in [-0.2, 0) is 13.0 Å². The van der Waals surface area contributed by atoms with Gasteiger partial charge in [-0.3, -0.25) is 4.79 Å². The first kappa shape index (κ1) is 13.0. The number of imidazole rings is 1. The van der Waals surface area contributed by atoms with Gasteiger partial charge in [0, 0.05) is 29.8 Å². The predicted octanol–water partition coefficient (Wildman–Crippen LogP) is 3.48. The number of aromatic nitrogens is 2. The topological polar surface area (TPSA) is 34.9 Å². The molecule has 0 radical (unpaired) electrons. The van der Waals surface area contributed by atoms with Gasteiger partial charge in [-0.05, 0) is 24.1 Å². The van der Waals surface area contributed by atoms with Crippen LogP contribution < -0.4 is 0 Å². The third kappa shape index (κ3) is 3.07. The Morgan fingerprint density at radius 2 is 2.06 bits per heavy atom. The lowest BCUT2D eigenvalue weighted by atomic mass is 10.1. The van der Waals surface area contributed by atoms with E-state index in [1.807, 2.05) is 35.0 Å². The molecule has 2 aromatic rings. The molecule has 1 aromatic heterocycles. The first-order chi connectivity index (χ1) is 8.70. The van der Waals surface area contributed by atoms with Crippen LogP contribution in [0.5, 0.6) is 0 Å². The fourth-order valence-corrected chi connectivity index (χ4v) is 2.11. The lowest BCUT2D eigenvalue weighted by Crippen LogP contribution is -2.12. The predicted molar refractivity (Wildman–Crippen MR) is 74.7 cm³/mol. The zero-order valence-corrected chi connectivity index (χ0v) is 11.9. The first-order valence-corrected chi connectivity index (χ1v) is 6.78. The molecular formula is C14H15BrN2O. The van der Waals surface area contributed by atoms with Crippen LogP contribution in [0.1, 0.15) is 29.5 Å². The van der Waals surface area contributed by atoms with Crippen molar-refractivity contribution in [2.75, 3.05) is 0 Å². The molecule has 0 amide bonds. The quantitative estimate of drug-likeness (QED) is 0.793. The van der Waals surface area contributed by atoms with Crippen molar-refractivity contribution >= 4 is 21.7 Å². The summed E-state index contributed by atoms with van der Waals surface area (Å²) in [4.78, 5) is 16.3. The molecule has 0 atom stereocenters. The minimum Gasteiger partial charge on any atom is -0.329 e. The van der Waals surface area contributed by atoms with E-state index < -0.39 is 0 Å². The monoisotopic (exact) mass is 306 g/mol. The standard InChI is InChI=1S/C14H15BrN2O/c1-2-8-17-9-7-16-14(17)13(18)10-11-3-5-12(15)6-4-11/h3-7,9H,2,8,10H2,1H3. The maximum atomic E-state index is 12.2. The Kier molecular flexibility index (Phi) is 4.31. The second-order valence-corrected chi connectivity index (χ2v) is 5.09. The van der Waals surface area contributed by atoms with Crippen LogP contribution in [0.3, 0.4) is 0 Å². The molecule has 0 saturated carbocycles. The van der Waals surface area contributed by atoms with Gasteiger partial charge in [0.05, 0.1) is 0 Å². The van der Waals surface area contributed by atoms with Crippen molar-refractivity contribution in [3.8, 4) is 0 Å². The zero-order chi connectivity index (χ0) is 13.0. The summed E-state index contributed by atoms with van der Waals surface area (Å²) in [7, 11) is 0. The van der Waals surface area contributed by atoms with E-state index in [2.05, 4.69) is 27.8 Å². The van der Waals surface area contributed by atoms with Crippen LogP contribution in [0.4, 0.5) is 0 Å². The van der Waals surface area contributed by atoms with E-state index in [0.717, 1.165) is 23.0 Å². The highest BCUT2D eigenvalue weighted by molar-refractivity contribution is 9.10. The highest BCUT2D eigenvalue weighted by Crippen LogP contribution is 2.12. The molecule has 0 N–H and O–H groups in total. The second kappa shape index (κ2) is 5.96. The van der Waals surface area contributed by atoms with Crippen LogP contribution in [0.2, 0.25) is 0 Å². The molecule has 0 aliphatic rings. The van der Waals surface area contributed by atoms with Gasteiger partial charge in [-0.15, -0.1) is 0 Å². The van der Waals surface area contributed by atoms with Crippen molar-refractivity contribution < 1.29 is 4.79 Å². The molecule has 0 spiro atoms. The minimum absolute atomic E-state index is 0.0655. The number of carbonyl (C=O) groups excluding carboxylic acids is 1. The third-order valence-corrected chi connectivity index (χ3v) is 3.24. The van der Waals surface area contributed by atoms with Gasteiger partial charge in [-0.2, -0.15) is 0 Å². The van der Waals surface area contributed by atoms with Gasteiger partial charge in [0.25, 0.3) is 0 Å². The molecule has 0 aliphatic carbocycles. The third-order valence-electron chi connectivity index (χ3n) is 2.71. The summed E-state index contributed by atoms with van der Waals surface area (Å²) in [6.45, 7) is 2.92. The van der Waals surface area contributed by atoms with Crippen LogP contribution in [0, 0.1) is 0 Å². The van der Waals surface area contributed by atoms with E-state index in [1.165, 1.54) is 0 Å². The number of ketones is 1. The van der Waals surface area contributed by atoms with Gasteiger partial charge in [-0.1, -0.05) is 35.0 Å². The number of hydrogen-bond donors (Lipinski definition) is 0. The van der Waals surface area contributed by atoms with Gasteiger partial charge in [0.2, 0.25) is 5.78 Å². The summed E-state index contributed by atoms with van der Waals surface area (Å²) in [5.74, 6) is 0.621. The van der Waals surface area contributed by atoms with E-state index in [0.29, 0.717) is 12.2 Å². The number of Topliss-reactive ketones (excluding diaryl/α,β-unsaturated/α-hetero) is 1. The van der Waals surface area contributed by atoms with E-state index in [9.17, 15) is 4.79 Å². The molecule has 2 rings (SSSR count). The molecule has 94 valence electrons. The molecule has 0 bridgehead atoms. The molecule has 0 fully saturated rings. The number of halogens is 1.